The molecule has 0 saturated heterocycles. The van der Waals surface area contributed by atoms with Crippen LogP contribution >= 0.6 is 0 Å². The third kappa shape index (κ3) is 2.39. The standard InChI is InChI=1S/C8H14O4/c1-4-11-8(6-9,7(3)10)12-5-2/h6H,4-5H2,1-3H3. The van der Waals surface area contributed by atoms with Gasteiger partial charge in [-0.1, -0.05) is 0 Å². The Kier molecular flexibility index (Phi) is 4.70. The van der Waals surface area contributed by atoms with E-state index in [9.17, 15) is 9.59 Å². The first-order valence-electron chi connectivity index (χ1n) is 3.88. The van der Waals surface area contributed by atoms with Gasteiger partial charge in [0.05, 0.1) is 0 Å². The van der Waals surface area contributed by atoms with Gasteiger partial charge in [0.2, 0.25) is 0 Å². The smallest absolute Gasteiger partial charge is 0.287 e. The predicted octanol–water partition coefficient (Wildman–Crippen LogP) is 0.544. The second kappa shape index (κ2) is 5.00. The molecule has 0 aliphatic carbocycles. The van der Waals surface area contributed by atoms with Gasteiger partial charge in [0.1, 0.15) is 0 Å². The van der Waals surface area contributed by atoms with Crippen molar-refractivity contribution in [2.24, 2.45) is 0 Å². The molecule has 4 nitrogen and oxygen atoms in total. The summed E-state index contributed by atoms with van der Waals surface area (Å²) in [6, 6.07) is 0. The van der Waals surface area contributed by atoms with E-state index in [-0.39, 0.29) is 13.2 Å². The Morgan fingerprint density at radius 3 is 1.92 bits per heavy atom. The number of carbonyl (C=O) groups excluding carboxylic acids is 2. The number of carbonyl (C=O) groups is 2. The molecule has 0 unspecified atom stereocenters. The van der Waals surface area contributed by atoms with E-state index in [4.69, 9.17) is 9.47 Å². The summed E-state index contributed by atoms with van der Waals surface area (Å²) in [6.07, 6.45) is 0.391. The van der Waals surface area contributed by atoms with Crippen molar-refractivity contribution in [1.29, 1.82) is 0 Å². The van der Waals surface area contributed by atoms with Gasteiger partial charge in [0.15, 0.2) is 12.1 Å². The molecule has 0 spiro atoms. The molecule has 0 bridgehead atoms. The minimum absolute atomic E-state index is 0.262. The molecule has 0 aromatic carbocycles. The SMILES string of the molecule is CCOC(C=O)(OCC)C(C)=O. The van der Waals surface area contributed by atoms with Gasteiger partial charge >= 0.3 is 0 Å². The van der Waals surface area contributed by atoms with Crippen LogP contribution in [0.25, 0.3) is 0 Å². The van der Waals surface area contributed by atoms with Gasteiger partial charge in [-0.25, -0.2) is 0 Å². The number of ether oxygens (including phenoxy) is 2. The summed E-state index contributed by atoms with van der Waals surface area (Å²) in [7, 11) is 0. The topological polar surface area (TPSA) is 52.6 Å². The molecule has 0 aromatic rings. The Morgan fingerprint density at radius 2 is 1.75 bits per heavy atom. The van der Waals surface area contributed by atoms with Gasteiger partial charge in [0, 0.05) is 20.1 Å². The number of Topliss-reactive ketones (excluding diaryl/α,β-unsaturated/α-hetero) is 1. The molecule has 0 fully saturated rings. The van der Waals surface area contributed by atoms with E-state index in [1.165, 1.54) is 6.92 Å². The highest BCUT2D eigenvalue weighted by Gasteiger charge is 2.36. The Labute approximate surface area is 71.8 Å². The zero-order valence-corrected chi connectivity index (χ0v) is 7.62. The first-order valence-corrected chi connectivity index (χ1v) is 3.88. The summed E-state index contributed by atoms with van der Waals surface area (Å²) >= 11 is 0. The molecular formula is C8H14O4. The predicted molar refractivity (Wildman–Crippen MR) is 42.7 cm³/mol. The van der Waals surface area contributed by atoms with Crippen LogP contribution in [0.4, 0.5) is 0 Å². The monoisotopic (exact) mass is 174 g/mol. The van der Waals surface area contributed by atoms with Crippen LogP contribution in [-0.2, 0) is 19.1 Å². The molecule has 0 aromatic heterocycles. The van der Waals surface area contributed by atoms with Gasteiger partial charge in [-0.15, -0.1) is 0 Å². The van der Waals surface area contributed by atoms with Crippen LogP contribution in [0.3, 0.4) is 0 Å². The Morgan fingerprint density at radius 1 is 1.33 bits per heavy atom. The number of ketones is 1. The van der Waals surface area contributed by atoms with Crippen LogP contribution in [0.1, 0.15) is 20.8 Å². The normalized spacial score (nSPS) is 11.2. The third-order valence-electron chi connectivity index (χ3n) is 1.36. The van der Waals surface area contributed by atoms with Crippen LogP contribution in [-0.4, -0.2) is 31.1 Å². The summed E-state index contributed by atoms with van der Waals surface area (Å²) < 4.78 is 9.88. The highest BCUT2D eigenvalue weighted by molar-refractivity contribution is 5.98. The minimum atomic E-state index is -1.68. The lowest BCUT2D eigenvalue weighted by Crippen LogP contribution is -2.44. The molecule has 70 valence electrons. The van der Waals surface area contributed by atoms with E-state index >= 15 is 0 Å². The van der Waals surface area contributed by atoms with Gasteiger partial charge in [0.25, 0.3) is 5.79 Å². The average Bonchev–Trinajstić information content (AvgIpc) is 2.03. The maximum atomic E-state index is 11.0. The fourth-order valence-electron chi connectivity index (χ4n) is 0.825. The quantitative estimate of drug-likeness (QED) is 0.335. The molecule has 0 aliphatic heterocycles. The highest BCUT2D eigenvalue weighted by atomic mass is 16.7. The molecule has 0 heterocycles. The van der Waals surface area contributed by atoms with Crippen molar-refractivity contribution in [1.82, 2.24) is 0 Å². The van der Waals surface area contributed by atoms with Crippen LogP contribution in [0.5, 0.6) is 0 Å². The first kappa shape index (κ1) is 11.3. The molecule has 0 amide bonds. The molecule has 0 radical (unpaired) electrons. The van der Waals surface area contributed by atoms with E-state index in [0.29, 0.717) is 6.29 Å². The largest absolute Gasteiger partial charge is 0.338 e. The Balaban J connectivity index is 4.50. The summed E-state index contributed by atoms with van der Waals surface area (Å²) in [4.78, 5) is 21.6. The maximum absolute atomic E-state index is 11.0. The summed E-state index contributed by atoms with van der Waals surface area (Å²) in [5.41, 5.74) is 0. The van der Waals surface area contributed by atoms with Crippen molar-refractivity contribution in [2.75, 3.05) is 13.2 Å². The number of aldehydes is 1. The van der Waals surface area contributed by atoms with Crippen LogP contribution in [0.2, 0.25) is 0 Å². The number of hydrogen-bond donors (Lipinski definition) is 0. The van der Waals surface area contributed by atoms with Crippen molar-refractivity contribution in [3.63, 3.8) is 0 Å². The van der Waals surface area contributed by atoms with E-state index < -0.39 is 11.6 Å². The average molecular weight is 174 g/mol. The summed E-state index contributed by atoms with van der Waals surface area (Å²) in [6.45, 7) is 5.18. The summed E-state index contributed by atoms with van der Waals surface area (Å²) in [5.74, 6) is -2.11. The molecule has 0 saturated carbocycles. The van der Waals surface area contributed by atoms with Gasteiger partial charge in [-0.3, -0.25) is 9.59 Å². The molecular weight excluding hydrogens is 160 g/mol. The number of hydrogen-bond acceptors (Lipinski definition) is 4. The van der Waals surface area contributed by atoms with Gasteiger partial charge in [-0.2, -0.15) is 0 Å². The van der Waals surface area contributed by atoms with E-state index in [1.807, 2.05) is 0 Å². The Bertz CT molecular complexity index is 158. The van der Waals surface area contributed by atoms with Crippen molar-refractivity contribution >= 4 is 12.1 Å². The molecule has 0 aliphatic rings. The van der Waals surface area contributed by atoms with E-state index in [0.717, 1.165) is 0 Å². The van der Waals surface area contributed by atoms with Crippen molar-refractivity contribution in [2.45, 2.75) is 26.6 Å². The van der Waals surface area contributed by atoms with Crippen LogP contribution < -0.4 is 0 Å². The molecule has 0 rings (SSSR count). The summed E-state index contributed by atoms with van der Waals surface area (Å²) in [5, 5.41) is 0. The zero-order valence-electron chi connectivity index (χ0n) is 7.62. The lowest BCUT2D eigenvalue weighted by atomic mass is 10.2. The van der Waals surface area contributed by atoms with Crippen LogP contribution in [0, 0.1) is 0 Å². The van der Waals surface area contributed by atoms with Gasteiger partial charge in [-0.05, 0) is 13.8 Å². The lowest BCUT2D eigenvalue weighted by molar-refractivity contribution is -0.212. The van der Waals surface area contributed by atoms with E-state index in [1.54, 1.807) is 13.8 Å². The molecule has 12 heavy (non-hydrogen) atoms. The maximum Gasteiger partial charge on any atom is 0.287 e. The molecule has 4 heteroatoms. The lowest BCUT2D eigenvalue weighted by Gasteiger charge is -2.23. The molecule has 0 N–H and O–H groups in total. The van der Waals surface area contributed by atoms with Crippen molar-refractivity contribution in [3.8, 4) is 0 Å². The fourth-order valence-corrected chi connectivity index (χ4v) is 0.825. The van der Waals surface area contributed by atoms with E-state index in [2.05, 4.69) is 0 Å². The van der Waals surface area contributed by atoms with Gasteiger partial charge < -0.3 is 9.47 Å². The second-order valence-electron chi connectivity index (χ2n) is 2.21. The zero-order chi connectivity index (χ0) is 9.61. The first-order chi connectivity index (χ1) is 5.63. The molecule has 0 atom stereocenters. The fraction of sp³-hybridized carbons (Fsp3) is 0.750. The minimum Gasteiger partial charge on any atom is -0.338 e. The van der Waals surface area contributed by atoms with Crippen LogP contribution in [0.15, 0.2) is 0 Å². The Hall–Kier alpha value is -0.740. The van der Waals surface area contributed by atoms with Crippen molar-refractivity contribution in [3.05, 3.63) is 0 Å². The highest BCUT2D eigenvalue weighted by Crippen LogP contribution is 2.11. The van der Waals surface area contributed by atoms with Crippen molar-refractivity contribution < 1.29 is 19.1 Å². The number of rotatable bonds is 6. The second-order valence-corrected chi connectivity index (χ2v) is 2.21. The third-order valence-corrected chi connectivity index (χ3v) is 1.36.